The average Bonchev–Trinajstić information content (AvgIpc) is 2.46. The molecule has 0 amide bonds. The number of benzene rings is 2. The lowest BCUT2D eigenvalue weighted by atomic mass is 9.92. The lowest BCUT2D eigenvalue weighted by molar-refractivity contribution is 0.733. The van der Waals surface area contributed by atoms with Crippen molar-refractivity contribution in [1.82, 2.24) is 0 Å². The summed E-state index contributed by atoms with van der Waals surface area (Å²) >= 11 is 0. The molecule has 100 valence electrons. The molecule has 2 aromatic carbocycles. The molecule has 0 spiro atoms. The number of aryl methyl sites for hydroxylation is 2. The summed E-state index contributed by atoms with van der Waals surface area (Å²) in [5.74, 6) is 0.648. The SMILES string of the molecule is CCc1ccc(-c2ccc([C@@H](C)CC)cc2C)cc1. The summed E-state index contributed by atoms with van der Waals surface area (Å²) in [6.07, 6.45) is 2.30. The van der Waals surface area contributed by atoms with E-state index >= 15 is 0 Å². The van der Waals surface area contributed by atoms with Crippen molar-refractivity contribution in [3.05, 3.63) is 59.2 Å². The first-order valence-corrected chi connectivity index (χ1v) is 7.35. The molecule has 0 heterocycles. The van der Waals surface area contributed by atoms with Crippen molar-refractivity contribution in [2.45, 2.75) is 46.5 Å². The fourth-order valence-corrected chi connectivity index (χ4v) is 2.47. The summed E-state index contributed by atoms with van der Waals surface area (Å²) in [5.41, 5.74) is 6.91. The van der Waals surface area contributed by atoms with Gasteiger partial charge in [0.2, 0.25) is 0 Å². The Balaban J connectivity index is 2.34. The molecule has 0 nitrogen and oxygen atoms in total. The van der Waals surface area contributed by atoms with Gasteiger partial charge in [-0.3, -0.25) is 0 Å². The van der Waals surface area contributed by atoms with Crippen molar-refractivity contribution in [3.8, 4) is 11.1 Å². The van der Waals surface area contributed by atoms with Crippen molar-refractivity contribution < 1.29 is 0 Å². The van der Waals surface area contributed by atoms with Gasteiger partial charge in [-0.15, -0.1) is 0 Å². The summed E-state index contributed by atoms with van der Waals surface area (Å²) in [6, 6.07) is 15.8. The molecule has 0 aliphatic carbocycles. The fourth-order valence-electron chi connectivity index (χ4n) is 2.47. The van der Waals surface area contributed by atoms with E-state index in [1.54, 1.807) is 0 Å². The highest BCUT2D eigenvalue weighted by atomic mass is 14.1. The highest BCUT2D eigenvalue weighted by Gasteiger charge is 2.07. The fraction of sp³-hybridized carbons (Fsp3) is 0.368. The Morgan fingerprint density at radius 1 is 0.947 bits per heavy atom. The maximum Gasteiger partial charge on any atom is -0.0155 e. The van der Waals surface area contributed by atoms with Gasteiger partial charge < -0.3 is 0 Å². The molecule has 0 bridgehead atoms. The first-order valence-electron chi connectivity index (χ1n) is 7.35. The molecular weight excluding hydrogens is 228 g/mol. The van der Waals surface area contributed by atoms with E-state index in [4.69, 9.17) is 0 Å². The Morgan fingerprint density at radius 2 is 1.63 bits per heavy atom. The largest absolute Gasteiger partial charge is 0.0648 e. The quantitative estimate of drug-likeness (QED) is 0.651. The molecule has 0 heteroatoms. The summed E-state index contributed by atoms with van der Waals surface area (Å²) in [4.78, 5) is 0. The molecule has 0 fully saturated rings. The zero-order chi connectivity index (χ0) is 13.8. The Hall–Kier alpha value is -1.56. The van der Waals surface area contributed by atoms with Crippen molar-refractivity contribution in [3.63, 3.8) is 0 Å². The van der Waals surface area contributed by atoms with Gasteiger partial charge in [-0.2, -0.15) is 0 Å². The van der Waals surface area contributed by atoms with Crippen LogP contribution in [0.25, 0.3) is 11.1 Å². The summed E-state index contributed by atoms with van der Waals surface area (Å²) in [5, 5.41) is 0. The summed E-state index contributed by atoms with van der Waals surface area (Å²) in [7, 11) is 0. The number of hydrogen-bond donors (Lipinski definition) is 0. The van der Waals surface area contributed by atoms with Crippen LogP contribution in [-0.2, 0) is 6.42 Å². The first kappa shape index (κ1) is 13.9. The molecule has 0 N–H and O–H groups in total. The molecule has 1 atom stereocenters. The molecule has 0 aromatic heterocycles. The van der Waals surface area contributed by atoms with Crippen LogP contribution in [0.5, 0.6) is 0 Å². The van der Waals surface area contributed by atoms with Gasteiger partial charge in [0.25, 0.3) is 0 Å². The summed E-state index contributed by atoms with van der Waals surface area (Å²) < 4.78 is 0. The molecule has 19 heavy (non-hydrogen) atoms. The predicted molar refractivity (Wildman–Crippen MR) is 84.7 cm³/mol. The third kappa shape index (κ3) is 3.07. The van der Waals surface area contributed by atoms with Gasteiger partial charge in [0.15, 0.2) is 0 Å². The molecular formula is C19H24. The Kier molecular flexibility index (Phi) is 4.42. The molecule has 0 aliphatic heterocycles. The smallest absolute Gasteiger partial charge is 0.0155 e. The van der Waals surface area contributed by atoms with Crippen molar-refractivity contribution >= 4 is 0 Å². The van der Waals surface area contributed by atoms with E-state index < -0.39 is 0 Å². The zero-order valence-electron chi connectivity index (χ0n) is 12.5. The van der Waals surface area contributed by atoms with Gasteiger partial charge in [-0.05, 0) is 53.5 Å². The minimum absolute atomic E-state index is 0.648. The number of hydrogen-bond acceptors (Lipinski definition) is 0. The Morgan fingerprint density at radius 3 is 2.16 bits per heavy atom. The molecule has 2 rings (SSSR count). The van der Waals surface area contributed by atoms with Crippen molar-refractivity contribution in [1.29, 1.82) is 0 Å². The van der Waals surface area contributed by atoms with E-state index in [1.165, 1.54) is 34.2 Å². The molecule has 0 saturated carbocycles. The molecule has 0 radical (unpaired) electrons. The highest BCUT2D eigenvalue weighted by Crippen LogP contribution is 2.28. The van der Waals surface area contributed by atoms with Crippen LogP contribution in [0.2, 0.25) is 0 Å². The Labute approximate surface area is 117 Å². The van der Waals surface area contributed by atoms with Crippen LogP contribution in [0.1, 0.15) is 49.8 Å². The minimum atomic E-state index is 0.648. The molecule has 2 aromatic rings. The van der Waals surface area contributed by atoms with Crippen molar-refractivity contribution in [2.75, 3.05) is 0 Å². The van der Waals surface area contributed by atoms with E-state index in [1.807, 2.05) is 0 Å². The van der Waals surface area contributed by atoms with Crippen molar-refractivity contribution in [2.24, 2.45) is 0 Å². The minimum Gasteiger partial charge on any atom is -0.0648 e. The predicted octanol–water partition coefficient (Wildman–Crippen LogP) is 5.74. The monoisotopic (exact) mass is 252 g/mol. The second-order valence-electron chi connectivity index (χ2n) is 5.43. The highest BCUT2D eigenvalue weighted by molar-refractivity contribution is 5.67. The van der Waals surface area contributed by atoms with E-state index in [9.17, 15) is 0 Å². The van der Waals surface area contributed by atoms with Crippen LogP contribution >= 0.6 is 0 Å². The van der Waals surface area contributed by atoms with Gasteiger partial charge in [-0.1, -0.05) is 63.2 Å². The van der Waals surface area contributed by atoms with Gasteiger partial charge >= 0.3 is 0 Å². The van der Waals surface area contributed by atoms with E-state index in [2.05, 4.69) is 70.2 Å². The molecule has 0 saturated heterocycles. The van der Waals surface area contributed by atoms with Crippen LogP contribution < -0.4 is 0 Å². The summed E-state index contributed by atoms with van der Waals surface area (Å²) in [6.45, 7) is 8.96. The van der Waals surface area contributed by atoms with Crippen LogP contribution in [0.4, 0.5) is 0 Å². The lowest BCUT2D eigenvalue weighted by Crippen LogP contribution is -1.93. The number of rotatable bonds is 4. The third-order valence-electron chi connectivity index (χ3n) is 4.11. The molecule has 0 aliphatic rings. The first-order chi connectivity index (χ1) is 9.15. The Bertz CT molecular complexity index is 534. The topological polar surface area (TPSA) is 0 Å². The average molecular weight is 252 g/mol. The van der Waals surface area contributed by atoms with Gasteiger partial charge in [0.05, 0.1) is 0 Å². The zero-order valence-corrected chi connectivity index (χ0v) is 12.5. The van der Waals surface area contributed by atoms with Gasteiger partial charge in [0, 0.05) is 0 Å². The van der Waals surface area contributed by atoms with E-state index in [0.29, 0.717) is 5.92 Å². The lowest BCUT2D eigenvalue weighted by Gasteiger charge is -2.13. The van der Waals surface area contributed by atoms with E-state index in [0.717, 1.165) is 6.42 Å². The van der Waals surface area contributed by atoms with Crippen LogP contribution in [0.15, 0.2) is 42.5 Å². The van der Waals surface area contributed by atoms with Gasteiger partial charge in [-0.25, -0.2) is 0 Å². The maximum absolute atomic E-state index is 2.34. The maximum atomic E-state index is 2.34. The standard InChI is InChI=1S/C19H24/c1-5-14(3)18-11-12-19(15(4)13-18)17-9-7-16(6-2)8-10-17/h7-14H,5-6H2,1-4H3/t14-/m0/s1. The van der Waals surface area contributed by atoms with Crippen LogP contribution in [-0.4, -0.2) is 0 Å². The second kappa shape index (κ2) is 6.06. The van der Waals surface area contributed by atoms with Gasteiger partial charge in [0.1, 0.15) is 0 Å². The van der Waals surface area contributed by atoms with E-state index in [-0.39, 0.29) is 0 Å². The van der Waals surface area contributed by atoms with Crippen LogP contribution in [0, 0.1) is 6.92 Å². The van der Waals surface area contributed by atoms with Crippen LogP contribution in [0.3, 0.4) is 0 Å². The second-order valence-corrected chi connectivity index (χ2v) is 5.43. The molecule has 0 unspecified atom stereocenters. The third-order valence-corrected chi connectivity index (χ3v) is 4.11. The normalized spacial score (nSPS) is 12.4.